The third kappa shape index (κ3) is 2.80. The Kier molecular flexibility index (Phi) is 3.61. The molecule has 4 rings (SSSR count). The summed E-state index contributed by atoms with van der Waals surface area (Å²) in [7, 11) is -3.81. The molecule has 2 aromatic carbocycles. The van der Waals surface area contributed by atoms with Crippen LogP contribution in [0.15, 0.2) is 54.6 Å². The first-order chi connectivity index (χ1) is 11.9. The third-order valence-corrected chi connectivity index (χ3v) is 5.39. The van der Waals surface area contributed by atoms with Crippen LogP contribution in [0.3, 0.4) is 0 Å². The smallest absolute Gasteiger partial charge is 0.311 e. The number of fused-ring (bicyclic) bond motifs is 1. The molecule has 0 saturated heterocycles. The molecule has 1 unspecified atom stereocenters. The van der Waals surface area contributed by atoms with E-state index in [1.807, 2.05) is 30.3 Å². The van der Waals surface area contributed by atoms with Gasteiger partial charge in [-0.3, -0.25) is 0 Å². The molecule has 0 amide bonds. The summed E-state index contributed by atoms with van der Waals surface area (Å²) in [5, 5.41) is 4.46. The van der Waals surface area contributed by atoms with Crippen LogP contribution in [0.5, 0.6) is 5.88 Å². The monoisotopic (exact) mass is 358 g/mol. The number of benzene rings is 2. The van der Waals surface area contributed by atoms with Crippen molar-refractivity contribution in [3.05, 3.63) is 77.2 Å². The molecule has 1 aliphatic rings. The van der Waals surface area contributed by atoms with Crippen LogP contribution in [0.2, 0.25) is 0 Å². The van der Waals surface area contributed by atoms with Gasteiger partial charge >= 0.3 is 10.1 Å². The number of nitrogens with zero attached hydrogens (tertiary/aromatic N) is 2. The van der Waals surface area contributed by atoms with E-state index < -0.39 is 21.9 Å². The Morgan fingerprint density at radius 1 is 1.16 bits per heavy atom. The Morgan fingerprint density at radius 3 is 2.64 bits per heavy atom. The minimum atomic E-state index is -3.81. The molecule has 2 heterocycles. The fraction of sp³-hybridized carbons (Fsp3) is 0.167. The van der Waals surface area contributed by atoms with Crippen LogP contribution in [-0.2, 0) is 10.1 Å². The zero-order valence-electron chi connectivity index (χ0n) is 13.4. The SMILES string of the molecule is Cc1nn(-c2ccccc2)c2c1C(c1cccc(F)c1)CS(=O)(=O)O2. The summed E-state index contributed by atoms with van der Waals surface area (Å²) in [6, 6.07) is 15.1. The molecule has 3 aromatic rings. The second kappa shape index (κ2) is 5.70. The van der Waals surface area contributed by atoms with E-state index >= 15 is 0 Å². The maximum Gasteiger partial charge on any atom is 0.311 e. The van der Waals surface area contributed by atoms with Gasteiger partial charge in [0.15, 0.2) is 0 Å². The van der Waals surface area contributed by atoms with Gasteiger partial charge in [-0.05, 0) is 36.8 Å². The molecular formula is C18H15FN2O3S. The second-order valence-electron chi connectivity index (χ2n) is 5.97. The summed E-state index contributed by atoms with van der Waals surface area (Å²) >= 11 is 0. The first-order valence-electron chi connectivity index (χ1n) is 7.77. The summed E-state index contributed by atoms with van der Waals surface area (Å²) in [5.41, 5.74) is 2.61. The van der Waals surface area contributed by atoms with Crippen LogP contribution in [0.25, 0.3) is 5.69 Å². The van der Waals surface area contributed by atoms with E-state index in [1.165, 1.54) is 16.8 Å². The average Bonchev–Trinajstić information content (AvgIpc) is 2.90. The first kappa shape index (κ1) is 15.8. The molecule has 128 valence electrons. The Balaban J connectivity index is 1.94. The van der Waals surface area contributed by atoms with Crippen molar-refractivity contribution >= 4 is 10.1 Å². The highest BCUT2D eigenvalue weighted by molar-refractivity contribution is 7.87. The van der Waals surface area contributed by atoms with Gasteiger partial charge in [-0.15, -0.1) is 0 Å². The van der Waals surface area contributed by atoms with Crippen molar-refractivity contribution in [2.75, 3.05) is 5.75 Å². The summed E-state index contributed by atoms with van der Waals surface area (Å²) in [6.45, 7) is 1.80. The zero-order valence-corrected chi connectivity index (χ0v) is 14.2. The van der Waals surface area contributed by atoms with Gasteiger partial charge in [0.25, 0.3) is 0 Å². The van der Waals surface area contributed by atoms with Gasteiger partial charge in [0.05, 0.1) is 17.1 Å². The molecule has 25 heavy (non-hydrogen) atoms. The van der Waals surface area contributed by atoms with Crippen molar-refractivity contribution in [3.63, 3.8) is 0 Å². The summed E-state index contributed by atoms with van der Waals surface area (Å²) in [5.74, 6) is -1.01. The van der Waals surface area contributed by atoms with E-state index in [1.54, 1.807) is 19.1 Å². The van der Waals surface area contributed by atoms with Gasteiger partial charge < -0.3 is 4.18 Å². The molecule has 0 saturated carbocycles. The van der Waals surface area contributed by atoms with E-state index in [0.29, 0.717) is 22.5 Å². The predicted octanol–water partition coefficient (Wildman–Crippen LogP) is 3.17. The number of aromatic nitrogens is 2. The minimum Gasteiger partial charge on any atom is -0.361 e. The molecular weight excluding hydrogens is 343 g/mol. The number of aryl methyl sites for hydroxylation is 1. The van der Waals surface area contributed by atoms with Gasteiger partial charge in [0.2, 0.25) is 5.88 Å². The molecule has 1 atom stereocenters. The molecule has 0 bridgehead atoms. The number of para-hydroxylation sites is 1. The van der Waals surface area contributed by atoms with Gasteiger partial charge in [0, 0.05) is 11.5 Å². The van der Waals surface area contributed by atoms with Crippen molar-refractivity contribution in [3.8, 4) is 11.6 Å². The highest BCUT2D eigenvalue weighted by Gasteiger charge is 2.38. The Bertz CT molecular complexity index is 1050. The van der Waals surface area contributed by atoms with Crippen LogP contribution < -0.4 is 4.18 Å². The minimum absolute atomic E-state index is 0.171. The lowest BCUT2D eigenvalue weighted by molar-refractivity contribution is 0.446. The summed E-state index contributed by atoms with van der Waals surface area (Å²) in [4.78, 5) is 0. The predicted molar refractivity (Wildman–Crippen MR) is 91.0 cm³/mol. The normalized spacial score (nSPS) is 18.4. The van der Waals surface area contributed by atoms with Crippen LogP contribution in [-0.4, -0.2) is 24.0 Å². The molecule has 7 heteroatoms. The fourth-order valence-electron chi connectivity index (χ4n) is 3.17. The van der Waals surface area contributed by atoms with Crippen molar-refractivity contribution in [2.45, 2.75) is 12.8 Å². The lowest BCUT2D eigenvalue weighted by Crippen LogP contribution is -2.27. The molecule has 0 aliphatic carbocycles. The van der Waals surface area contributed by atoms with Crippen LogP contribution in [0, 0.1) is 12.7 Å². The van der Waals surface area contributed by atoms with Crippen LogP contribution >= 0.6 is 0 Å². The lowest BCUT2D eigenvalue weighted by Gasteiger charge is -2.24. The molecule has 1 aliphatic heterocycles. The maximum absolute atomic E-state index is 13.7. The van der Waals surface area contributed by atoms with Crippen molar-refractivity contribution in [1.82, 2.24) is 9.78 Å². The number of rotatable bonds is 2. The number of halogens is 1. The highest BCUT2D eigenvalue weighted by atomic mass is 32.2. The van der Waals surface area contributed by atoms with Crippen molar-refractivity contribution < 1.29 is 17.0 Å². The molecule has 0 radical (unpaired) electrons. The zero-order chi connectivity index (χ0) is 17.6. The maximum atomic E-state index is 13.7. The molecule has 1 aromatic heterocycles. The van der Waals surface area contributed by atoms with Crippen LogP contribution in [0.1, 0.15) is 22.7 Å². The highest BCUT2D eigenvalue weighted by Crippen LogP contribution is 2.41. The molecule has 5 nitrogen and oxygen atoms in total. The second-order valence-corrected chi connectivity index (χ2v) is 7.58. The fourth-order valence-corrected chi connectivity index (χ4v) is 4.41. The lowest BCUT2D eigenvalue weighted by atomic mass is 9.93. The van der Waals surface area contributed by atoms with E-state index in [4.69, 9.17) is 4.18 Å². The average molecular weight is 358 g/mol. The topological polar surface area (TPSA) is 61.2 Å². The quantitative estimate of drug-likeness (QED) is 0.660. The van der Waals surface area contributed by atoms with E-state index in [-0.39, 0.29) is 11.6 Å². The molecule has 0 fully saturated rings. The molecule has 0 N–H and O–H groups in total. The van der Waals surface area contributed by atoms with E-state index in [2.05, 4.69) is 5.10 Å². The molecule has 0 spiro atoms. The van der Waals surface area contributed by atoms with E-state index in [0.717, 1.165) is 0 Å². The number of hydrogen-bond acceptors (Lipinski definition) is 4. The van der Waals surface area contributed by atoms with Crippen LogP contribution in [0.4, 0.5) is 4.39 Å². The Morgan fingerprint density at radius 2 is 1.92 bits per heavy atom. The standard InChI is InChI=1S/C18H15FN2O3S/c1-12-17-16(13-6-5-7-14(19)10-13)11-25(22,23)24-18(17)21(20-12)15-8-3-2-4-9-15/h2-10,16H,11H2,1H3. The summed E-state index contributed by atoms with van der Waals surface area (Å²) in [6.07, 6.45) is 0. The van der Waals surface area contributed by atoms with Crippen molar-refractivity contribution in [2.24, 2.45) is 0 Å². The van der Waals surface area contributed by atoms with Gasteiger partial charge in [-0.2, -0.15) is 18.2 Å². The van der Waals surface area contributed by atoms with Gasteiger partial charge in [0.1, 0.15) is 5.82 Å². The third-order valence-electron chi connectivity index (χ3n) is 4.24. The first-order valence-corrected chi connectivity index (χ1v) is 9.35. The Labute approximate surface area is 144 Å². The van der Waals surface area contributed by atoms with Gasteiger partial charge in [-0.25, -0.2) is 4.39 Å². The van der Waals surface area contributed by atoms with E-state index in [9.17, 15) is 12.8 Å². The van der Waals surface area contributed by atoms with Crippen molar-refractivity contribution in [1.29, 1.82) is 0 Å². The Hall–Kier alpha value is -2.67. The van der Waals surface area contributed by atoms with Gasteiger partial charge in [-0.1, -0.05) is 30.3 Å². The largest absolute Gasteiger partial charge is 0.361 e. The summed E-state index contributed by atoms with van der Waals surface area (Å²) < 4.78 is 45.1. The number of hydrogen-bond donors (Lipinski definition) is 0.